The molecule has 2 aromatic rings. The second kappa shape index (κ2) is 5.79. The van der Waals surface area contributed by atoms with Crippen molar-refractivity contribution >= 4 is 0 Å². The molecule has 1 saturated heterocycles. The predicted molar refractivity (Wildman–Crippen MR) is 79.7 cm³/mol. The molecule has 1 fully saturated rings. The average molecular weight is 262 g/mol. The number of nitriles is 1. The third-order valence-electron chi connectivity index (χ3n) is 4.11. The lowest BCUT2D eigenvalue weighted by atomic mass is 9.88. The first-order valence-corrected chi connectivity index (χ1v) is 7.18. The molecule has 2 atom stereocenters. The number of hydrogen-bond donors (Lipinski definition) is 0. The minimum Gasteiger partial charge on any atom is -0.296 e. The quantitative estimate of drug-likeness (QED) is 0.748. The highest BCUT2D eigenvalue weighted by Gasteiger charge is 2.31. The van der Waals surface area contributed by atoms with Gasteiger partial charge in [0.15, 0.2) is 6.19 Å². The molecule has 0 aliphatic carbocycles. The van der Waals surface area contributed by atoms with E-state index in [-0.39, 0.29) is 12.1 Å². The van der Waals surface area contributed by atoms with Gasteiger partial charge in [-0.15, -0.1) is 0 Å². The van der Waals surface area contributed by atoms with Gasteiger partial charge in [0.1, 0.15) is 0 Å². The second-order valence-electron chi connectivity index (χ2n) is 5.29. The van der Waals surface area contributed by atoms with Gasteiger partial charge in [0.05, 0.1) is 12.1 Å². The van der Waals surface area contributed by atoms with Gasteiger partial charge >= 0.3 is 0 Å². The van der Waals surface area contributed by atoms with Crippen LogP contribution in [-0.2, 0) is 0 Å². The Morgan fingerprint density at radius 1 is 0.800 bits per heavy atom. The number of rotatable bonds is 2. The smallest absolute Gasteiger partial charge is 0.180 e. The summed E-state index contributed by atoms with van der Waals surface area (Å²) in [6.07, 6.45) is 5.71. The van der Waals surface area contributed by atoms with Gasteiger partial charge in [0.25, 0.3) is 0 Å². The Morgan fingerprint density at radius 3 is 1.65 bits per heavy atom. The zero-order valence-corrected chi connectivity index (χ0v) is 11.4. The number of likely N-dealkylation sites (tertiary alicyclic amines) is 1. The van der Waals surface area contributed by atoms with Crippen molar-refractivity contribution in [3.63, 3.8) is 0 Å². The van der Waals surface area contributed by atoms with Crippen LogP contribution in [0.3, 0.4) is 0 Å². The minimum atomic E-state index is 0.208. The molecule has 100 valence electrons. The average Bonchev–Trinajstić information content (AvgIpc) is 2.55. The van der Waals surface area contributed by atoms with Crippen LogP contribution in [0.1, 0.15) is 42.5 Å². The SMILES string of the molecule is N#CN1[C@@H](c2ccccc2)CCC[C@H]1c1ccccc1. The summed E-state index contributed by atoms with van der Waals surface area (Å²) in [7, 11) is 0. The molecule has 1 heterocycles. The van der Waals surface area contributed by atoms with E-state index in [4.69, 9.17) is 0 Å². The van der Waals surface area contributed by atoms with Crippen molar-refractivity contribution in [1.82, 2.24) is 4.90 Å². The molecule has 0 unspecified atom stereocenters. The summed E-state index contributed by atoms with van der Waals surface area (Å²) in [4.78, 5) is 1.98. The van der Waals surface area contributed by atoms with E-state index >= 15 is 0 Å². The van der Waals surface area contributed by atoms with Crippen LogP contribution < -0.4 is 0 Å². The van der Waals surface area contributed by atoms with Crippen molar-refractivity contribution < 1.29 is 0 Å². The maximum Gasteiger partial charge on any atom is 0.180 e. The van der Waals surface area contributed by atoms with Crippen LogP contribution in [0.25, 0.3) is 0 Å². The first-order chi connectivity index (χ1) is 9.90. The van der Waals surface area contributed by atoms with E-state index in [0.717, 1.165) is 19.3 Å². The van der Waals surface area contributed by atoms with Gasteiger partial charge < -0.3 is 0 Å². The van der Waals surface area contributed by atoms with Gasteiger partial charge in [-0.05, 0) is 30.4 Å². The second-order valence-corrected chi connectivity index (χ2v) is 5.29. The third kappa shape index (κ3) is 2.40. The summed E-state index contributed by atoms with van der Waals surface area (Å²) in [6.45, 7) is 0. The molecule has 2 nitrogen and oxygen atoms in total. The molecule has 0 spiro atoms. The largest absolute Gasteiger partial charge is 0.296 e. The van der Waals surface area contributed by atoms with Crippen molar-refractivity contribution in [3.8, 4) is 6.19 Å². The van der Waals surface area contributed by atoms with Gasteiger partial charge in [-0.3, -0.25) is 4.90 Å². The molecule has 1 aliphatic heterocycles. The fourth-order valence-electron chi connectivity index (χ4n) is 3.14. The van der Waals surface area contributed by atoms with Crippen molar-refractivity contribution in [2.45, 2.75) is 31.3 Å². The fraction of sp³-hybridized carbons (Fsp3) is 0.278. The number of benzene rings is 2. The molecule has 0 amide bonds. The summed E-state index contributed by atoms with van der Waals surface area (Å²) in [6, 6.07) is 21.2. The predicted octanol–water partition coefficient (Wildman–Crippen LogP) is 4.44. The van der Waals surface area contributed by atoms with Crippen LogP contribution >= 0.6 is 0 Å². The standard InChI is InChI=1S/C18H18N2/c19-14-20-17(15-8-3-1-4-9-15)12-7-13-18(20)16-10-5-2-6-11-16/h1-6,8-11,17-18H,7,12-13H2/t17-,18+. The van der Waals surface area contributed by atoms with Gasteiger partial charge in [-0.25, -0.2) is 0 Å². The van der Waals surface area contributed by atoms with E-state index in [9.17, 15) is 5.26 Å². The van der Waals surface area contributed by atoms with Crippen LogP contribution in [0, 0.1) is 11.5 Å². The van der Waals surface area contributed by atoms with E-state index in [2.05, 4.69) is 54.7 Å². The van der Waals surface area contributed by atoms with E-state index in [1.54, 1.807) is 0 Å². The normalized spacial score (nSPS) is 22.2. The van der Waals surface area contributed by atoms with Gasteiger partial charge in [0, 0.05) is 0 Å². The third-order valence-corrected chi connectivity index (χ3v) is 4.11. The Morgan fingerprint density at radius 2 is 1.25 bits per heavy atom. The highest BCUT2D eigenvalue weighted by molar-refractivity contribution is 5.25. The Bertz CT molecular complexity index is 538. The first-order valence-electron chi connectivity index (χ1n) is 7.18. The Hall–Kier alpha value is -2.27. The van der Waals surface area contributed by atoms with E-state index < -0.39 is 0 Å². The van der Waals surface area contributed by atoms with Crippen LogP contribution in [-0.4, -0.2) is 4.90 Å². The highest BCUT2D eigenvalue weighted by Crippen LogP contribution is 2.40. The molecule has 20 heavy (non-hydrogen) atoms. The molecule has 2 aromatic carbocycles. The van der Waals surface area contributed by atoms with Crippen LogP contribution in [0.15, 0.2) is 60.7 Å². The van der Waals surface area contributed by atoms with Gasteiger partial charge in [-0.1, -0.05) is 60.7 Å². The lowest BCUT2D eigenvalue weighted by Gasteiger charge is -2.39. The number of nitrogens with zero attached hydrogens (tertiary/aromatic N) is 2. The highest BCUT2D eigenvalue weighted by atomic mass is 15.2. The molecule has 2 heteroatoms. The summed E-state index contributed by atoms with van der Waals surface area (Å²) in [5.41, 5.74) is 2.49. The molecule has 3 rings (SSSR count). The summed E-state index contributed by atoms with van der Waals surface area (Å²) >= 11 is 0. The van der Waals surface area contributed by atoms with E-state index in [1.165, 1.54) is 11.1 Å². The lowest BCUT2D eigenvalue weighted by Crippen LogP contribution is -2.32. The Kier molecular flexibility index (Phi) is 3.69. The van der Waals surface area contributed by atoms with Gasteiger partial charge in [-0.2, -0.15) is 5.26 Å². The van der Waals surface area contributed by atoms with Gasteiger partial charge in [0.2, 0.25) is 0 Å². The summed E-state index contributed by atoms with van der Waals surface area (Å²) < 4.78 is 0. The first kappa shape index (κ1) is 12.7. The van der Waals surface area contributed by atoms with Crippen LogP contribution in [0.4, 0.5) is 0 Å². The molecule has 0 aromatic heterocycles. The maximum absolute atomic E-state index is 9.63. The number of piperidine rings is 1. The summed E-state index contributed by atoms with van der Waals surface area (Å²) in [5, 5.41) is 9.63. The monoisotopic (exact) mass is 262 g/mol. The van der Waals surface area contributed by atoms with E-state index in [1.807, 2.05) is 17.0 Å². The molecule has 1 aliphatic rings. The van der Waals surface area contributed by atoms with Crippen molar-refractivity contribution in [2.75, 3.05) is 0 Å². The lowest BCUT2D eigenvalue weighted by molar-refractivity contribution is 0.151. The molecule has 0 bridgehead atoms. The summed E-state index contributed by atoms with van der Waals surface area (Å²) in [5.74, 6) is 0. The van der Waals surface area contributed by atoms with Crippen molar-refractivity contribution in [3.05, 3.63) is 71.8 Å². The van der Waals surface area contributed by atoms with Crippen molar-refractivity contribution in [2.24, 2.45) is 0 Å². The zero-order chi connectivity index (χ0) is 13.8. The Labute approximate surface area is 120 Å². The molecule has 0 N–H and O–H groups in total. The van der Waals surface area contributed by atoms with Crippen LogP contribution in [0.5, 0.6) is 0 Å². The topological polar surface area (TPSA) is 27.0 Å². The maximum atomic E-state index is 9.63. The van der Waals surface area contributed by atoms with E-state index in [0.29, 0.717) is 0 Å². The molecular weight excluding hydrogens is 244 g/mol. The van der Waals surface area contributed by atoms with Crippen molar-refractivity contribution in [1.29, 1.82) is 5.26 Å². The number of hydrogen-bond acceptors (Lipinski definition) is 2. The van der Waals surface area contributed by atoms with Crippen LogP contribution in [0.2, 0.25) is 0 Å². The Balaban J connectivity index is 1.92. The zero-order valence-electron chi connectivity index (χ0n) is 11.4. The fourth-order valence-corrected chi connectivity index (χ4v) is 3.14. The molecule has 0 radical (unpaired) electrons. The minimum absolute atomic E-state index is 0.208. The molecular formula is C18H18N2. The molecule has 0 saturated carbocycles.